The van der Waals surface area contributed by atoms with E-state index in [1.54, 1.807) is 6.07 Å². The Morgan fingerprint density at radius 1 is 0.667 bits per heavy atom. The molecule has 0 radical (unpaired) electrons. The van der Waals surface area contributed by atoms with Crippen molar-refractivity contribution < 1.29 is 25.8 Å². The molecular formula is C28H16F3NO3S. The van der Waals surface area contributed by atoms with Gasteiger partial charge in [-0.15, -0.1) is 0 Å². The molecule has 0 saturated carbocycles. The molecule has 36 heavy (non-hydrogen) atoms. The van der Waals surface area contributed by atoms with Crippen LogP contribution in [0.3, 0.4) is 0 Å². The predicted octanol–water partition coefficient (Wildman–Crippen LogP) is 7.59. The molecule has 0 atom stereocenters. The number of alkyl halides is 3. The van der Waals surface area contributed by atoms with Crippen LogP contribution in [0, 0.1) is 0 Å². The topological polar surface area (TPSA) is 56.3 Å². The summed E-state index contributed by atoms with van der Waals surface area (Å²) in [4.78, 5) is 4.70. The number of para-hydroxylation sites is 1. The van der Waals surface area contributed by atoms with Gasteiger partial charge in [0.25, 0.3) is 0 Å². The zero-order valence-electron chi connectivity index (χ0n) is 18.5. The van der Waals surface area contributed by atoms with Gasteiger partial charge in [0.2, 0.25) is 0 Å². The largest absolute Gasteiger partial charge is 0.534 e. The summed E-state index contributed by atoms with van der Waals surface area (Å²) >= 11 is 0. The number of benzene rings is 5. The van der Waals surface area contributed by atoms with Crippen molar-refractivity contribution in [3.8, 4) is 17.0 Å². The second-order valence-corrected chi connectivity index (χ2v) is 9.90. The Morgan fingerprint density at radius 2 is 1.33 bits per heavy atom. The van der Waals surface area contributed by atoms with Crippen molar-refractivity contribution in [1.82, 2.24) is 4.98 Å². The predicted molar refractivity (Wildman–Crippen MR) is 135 cm³/mol. The van der Waals surface area contributed by atoms with Crippen molar-refractivity contribution in [3.63, 3.8) is 0 Å². The van der Waals surface area contributed by atoms with E-state index in [0.29, 0.717) is 11.1 Å². The molecule has 178 valence electrons. The Morgan fingerprint density at radius 3 is 2.11 bits per heavy atom. The van der Waals surface area contributed by atoms with E-state index in [2.05, 4.69) is 4.18 Å². The van der Waals surface area contributed by atoms with Gasteiger partial charge in [-0.05, 0) is 33.7 Å². The van der Waals surface area contributed by atoms with Gasteiger partial charge in [0.05, 0.1) is 5.69 Å². The number of hydrogen-bond donors (Lipinski definition) is 0. The lowest BCUT2D eigenvalue weighted by Gasteiger charge is -2.16. The van der Waals surface area contributed by atoms with Crippen LogP contribution in [0.25, 0.3) is 54.5 Å². The van der Waals surface area contributed by atoms with Crippen LogP contribution < -0.4 is 4.18 Å². The standard InChI is InChI=1S/C28H16F3NO3S/c29-28(30,31)36(33,34)35-24-11-5-10-22-25-21-9-4-3-7-18(21)14-15-23(25)26(32-27(22)24)20-13-12-17-6-1-2-8-19(17)16-20/h1-16H. The Hall–Kier alpha value is -4.17. The molecule has 8 heteroatoms. The first-order valence-corrected chi connectivity index (χ1v) is 12.4. The number of rotatable bonds is 3. The minimum atomic E-state index is -5.88. The maximum atomic E-state index is 13.1. The third-order valence-corrected chi connectivity index (χ3v) is 7.15. The van der Waals surface area contributed by atoms with Gasteiger partial charge in [-0.25, -0.2) is 4.98 Å². The van der Waals surface area contributed by atoms with Crippen LogP contribution in [0.4, 0.5) is 13.2 Å². The number of hydrogen-bond acceptors (Lipinski definition) is 4. The first kappa shape index (κ1) is 22.3. The fourth-order valence-corrected chi connectivity index (χ4v) is 5.03. The van der Waals surface area contributed by atoms with Crippen LogP contribution in [0.2, 0.25) is 0 Å². The zero-order chi connectivity index (χ0) is 25.1. The van der Waals surface area contributed by atoms with Gasteiger partial charge in [-0.1, -0.05) is 84.9 Å². The van der Waals surface area contributed by atoms with Gasteiger partial charge in [0.15, 0.2) is 5.75 Å². The monoisotopic (exact) mass is 503 g/mol. The summed E-state index contributed by atoms with van der Waals surface area (Å²) in [7, 11) is -5.88. The van der Waals surface area contributed by atoms with Crippen LogP contribution in [0.15, 0.2) is 97.1 Å². The Kier molecular flexibility index (Phi) is 4.91. The van der Waals surface area contributed by atoms with E-state index in [4.69, 9.17) is 4.98 Å². The third-order valence-electron chi connectivity index (χ3n) is 6.18. The van der Waals surface area contributed by atoms with Crippen LogP contribution >= 0.6 is 0 Å². The molecule has 0 unspecified atom stereocenters. The number of pyridine rings is 1. The molecule has 0 aliphatic rings. The normalized spacial score (nSPS) is 12.5. The molecule has 1 aromatic heterocycles. The molecule has 4 nitrogen and oxygen atoms in total. The van der Waals surface area contributed by atoms with Crippen molar-refractivity contribution in [2.75, 3.05) is 0 Å². The maximum Gasteiger partial charge on any atom is 0.534 e. The van der Waals surface area contributed by atoms with Crippen molar-refractivity contribution >= 4 is 53.3 Å². The Balaban J connectivity index is 1.74. The molecule has 0 spiro atoms. The van der Waals surface area contributed by atoms with Crippen molar-refractivity contribution in [3.05, 3.63) is 97.1 Å². The van der Waals surface area contributed by atoms with Gasteiger partial charge in [0.1, 0.15) is 5.52 Å². The van der Waals surface area contributed by atoms with E-state index >= 15 is 0 Å². The summed E-state index contributed by atoms with van der Waals surface area (Å²) in [5, 5.41) is 5.80. The quantitative estimate of drug-likeness (QED) is 0.142. The lowest BCUT2D eigenvalue weighted by Crippen LogP contribution is -2.28. The van der Waals surface area contributed by atoms with Crippen LogP contribution in [-0.2, 0) is 10.1 Å². The molecule has 5 aromatic carbocycles. The van der Waals surface area contributed by atoms with Crippen molar-refractivity contribution in [2.24, 2.45) is 0 Å². The highest BCUT2D eigenvalue weighted by molar-refractivity contribution is 7.88. The molecule has 1 heterocycles. The maximum absolute atomic E-state index is 13.1. The smallest absolute Gasteiger partial charge is 0.374 e. The van der Waals surface area contributed by atoms with Crippen molar-refractivity contribution in [1.29, 1.82) is 0 Å². The highest BCUT2D eigenvalue weighted by Gasteiger charge is 2.48. The Labute approximate surface area is 203 Å². The van der Waals surface area contributed by atoms with E-state index in [0.717, 1.165) is 37.9 Å². The van der Waals surface area contributed by atoms with Crippen LogP contribution in [0.1, 0.15) is 0 Å². The van der Waals surface area contributed by atoms with Crippen LogP contribution in [-0.4, -0.2) is 18.9 Å². The SMILES string of the molecule is O=S(=O)(Oc1cccc2c1nc(-c1ccc3ccccc3c1)c1ccc3ccccc3c12)C(F)(F)F. The summed E-state index contributed by atoms with van der Waals surface area (Å²) in [5.74, 6) is -0.485. The molecular weight excluding hydrogens is 487 g/mol. The third kappa shape index (κ3) is 3.53. The molecule has 0 N–H and O–H groups in total. The molecule has 0 aliphatic heterocycles. The summed E-state index contributed by atoms with van der Waals surface area (Å²) in [6.45, 7) is 0. The molecule has 0 bridgehead atoms. The second-order valence-electron chi connectivity index (χ2n) is 8.37. The number of fused-ring (bicyclic) bond motifs is 6. The van der Waals surface area contributed by atoms with E-state index in [1.165, 1.54) is 12.1 Å². The molecule has 0 fully saturated rings. The van der Waals surface area contributed by atoms with Gasteiger partial charge < -0.3 is 4.18 Å². The fraction of sp³-hybridized carbons (Fsp3) is 0.0357. The number of halogens is 3. The molecule has 0 amide bonds. The molecule has 6 rings (SSSR count). The van der Waals surface area contributed by atoms with Gasteiger partial charge in [-0.3, -0.25) is 0 Å². The minimum Gasteiger partial charge on any atom is -0.374 e. The summed E-state index contributed by atoms with van der Waals surface area (Å²) in [5.41, 5.74) is -4.30. The van der Waals surface area contributed by atoms with E-state index in [-0.39, 0.29) is 5.52 Å². The number of aromatic nitrogens is 1. The van der Waals surface area contributed by atoms with Crippen molar-refractivity contribution in [2.45, 2.75) is 5.51 Å². The summed E-state index contributed by atoms with van der Waals surface area (Å²) in [6.07, 6.45) is 0. The average Bonchev–Trinajstić information content (AvgIpc) is 2.87. The van der Waals surface area contributed by atoms with E-state index < -0.39 is 21.4 Å². The first-order chi connectivity index (χ1) is 17.2. The zero-order valence-corrected chi connectivity index (χ0v) is 19.3. The van der Waals surface area contributed by atoms with E-state index in [1.807, 2.05) is 78.9 Å². The van der Waals surface area contributed by atoms with Gasteiger partial charge in [0, 0.05) is 21.7 Å². The molecule has 6 aromatic rings. The average molecular weight is 504 g/mol. The Bertz CT molecular complexity index is 1930. The minimum absolute atomic E-state index is 0.0253. The number of nitrogens with zero attached hydrogens (tertiary/aromatic N) is 1. The highest BCUT2D eigenvalue weighted by atomic mass is 32.2. The molecule has 0 saturated heterocycles. The fourth-order valence-electron chi connectivity index (χ4n) is 4.56. The molecule has 0 aliphatic carbocycles. The van der Waals surface area contributed by atoms with Gasteiger partial charge >= 0.3 is 15.6 Å². The van der Waals surface area contributed by atoms with E-state index in [9.17, 15) is 21.6 Å². The highest BCUT2D eigenvalue weighted by Crippen LogP contribution is 2.41. The first-order valence-electron chi connectivity index (χ1n) is 11.0. The lowest BCUT2D eigenvalue weighted by molar-refractivity contribution is -0.0499. The van der Waals surface area contributed by atoms with Gasteiger partial charge in [-0.2, -0.15) is 21.6 Å². The van der Waals surface area contributed by atoms with Crippen LogP contribution in [0.5, 0.6) is 5.75 Å². The lowest BCUT2D eigenvalue weighted by atomic mass is 9.94. The summed E-state index contributed by atoms with van der Waals surface area (Å²) in [6, 6.07) is 29.4. The second kappa shape index (κ2) is 7.93. The summed E-state index contributed by atoms with van der Waals surface area (Å²) < 4.78 is 67.7.